The second-order valence-electron chi connectivity index (χ2n) is 16.5. The van der Waals surface area contributed by atoms with Crippen LogP contribution in [0, 0.1) is 17.3 Å². The van der Waals surface area contributed by atoms with Crippen molar-refractivity contribution in [1.82, 2.24) is 20.2 Å². The number of hydrogen-bond donors (Lipinski definition) is 2. The largest absolute Gasteiger partial charge is 0.481 e. The lowest BCUT2D eigenvalue weighted by atomic mass is 9.68. The van der Waals surface area contributed by atoms with Crippen LogP contribution in [0.4, 0.5) is 0 Å². The van der Waals surface area contributed by atoms with Gasteiger partial charge in [0.15, 0.2) is 5.82 Å². The van der Waals surface area contributed by atoms with Gasteiger partial charge in [0.1, 0.15) is 6.04 Å². The van der Waals surface area contributed by atoms with Crippen molar-refractivity contribution in [3.05, 3.63) is 93.9 Å². The van der Waals surface area contributed by atoms with Gasteiger partial charge < -0.3 is 15.3 Å². The van der Waals surface area contributed by atoms with E-state index in [4.69, 9.17) is 0 Å². The van der Waals surface area contributed by atoms with Gasteiger partial charge in [-0.2, -0.15) is 0 Å². The van der Waals surface area contributed by atoms with Crippen molar-refractivity contribution >= 4 is 29.1 Å². The average molecular weight is 707 g/mol. The van der Waals surface area contributed by atoms with Crippen LogP contribution in [0.15, 0.2) is 73.1 Å². The number of rotatable bonds is 9. The topological polar surface area (TPSA) is 112 Å². The lowest BCUT2D eigenvalue weighted by Crippen LogP contribution is -2.59. The van der Waals surface area contributed by atoms with Crippen LogP contribution in [-0.4, -0.2) is 56.9 Å². The van der Waals surface area contributed by atoms with Gasteiger partial charge in [0.05, 0.1) is 10.8 Å². The molecule has 51 heavy (non-hydrogen) atoms. The summed E-state index contributed by atoms with van der Waals surface area (Å²) in [5.74, 6) is -0.0497. The van der Waals surface area contributed by atoms with E-state index in [1.54, 1.807) is 6.07 Å². The van der Waals surface area contributed by atoms with Crippen LogP contribution >= 0.6 is 11.3 Å². The molecule has 2 aromatic heterocycles. The molecule has 1 saturated heterocycles. The number of likely N-dealkylation sites (tertiary alicyclic amines) is 1. The van der Waals surface area contributed by atoms with E-state index in [-0.39, 0.29) is 36.7 Å². The Labute approximate surface area is 305 Å². The summed E-state index contributed by atoms with van der Waals surface area (Å²) in [6.07, 6.45) is 9.08. The van der Waals surface area contributed by atoms with E-state index in [0.717, 1.165) is 33.0 Å². The van der Waals surface area contributed by atoms with E-state index in [2.05, 4.69) is 81.1 Å². The Kier molecular flexibility index (Phi) is 10.5. The second-order valence-corrected chi connectivity index (χ2v) is 17.5. The molecule has 1 aliphatic carbocycles. The maximum atomic E-state index is 13.5. The van der Waals surface area contributed by atoms with Gasteiger partial charge in [-0.25, -0.2) is 9.97 Å². The fourth-order valence-corrected chi connectivity index (χ4v) is 8.19. The predicted molar refractivity (Wildman–Crippen MR) is 203 cm³/mol. The van der Waals surface area contributed by atoms with Crippen LogP contribution in [0.3, 0.4) is 0 Å². The molecule has 4 aromatic rings. The van der Waals surface area contributed by atoms with Crippen molar-refractivity contribution in [1.29, 1.82) is 0 Å². The van der Waals surface area contributed by atoms with Gasteiger partial charge >= 0.3 is 5.97 Å². The minimum atomic E-state index is -0.916. The number of nitrogens with zero attached hydrogens (tertiary/aromatic N) is 3. The third-order valence-electron chi connectivity index (χ3n) is 10.7. The quantitative estimate of drug-likeness (QED) is 0.181. The van der Waals surface area contributed by atoms with Gasteiger partial charge in [0.25, 0.3) is 5.91 Å². The Morgan fingerprint density at radius 3 is 1.98 bits per heavy atom. The summed E-state index contributed by atoms with van der Waals surface area (Å²) in [5, 5.41) is 12.3. The SMILES string of the molecule is CC(C)(C)c1ccc(C(=O)N[C@@H](Cc2ccc(-c3ncc(-c4ccc([C@H]5CC[C@H](C(C)(C)C)CC5)cc4)cn3)cc2)C(=O)N2CC(C(=O)O)C2)s1. The van der Waals surface area contributed by atoms with Crippen molar-refractivity contribution in [2.45, 2.75) is 91.0 Å². The molecule has 3 heterocycles. The first kappa shape index (κ1) is 36.4. The number of aromatic nitrogens is 2. The number of carboxylic acid groups (broad SMARTS) is 1. The summed E-state index contributed by atoms with van der Waals surface area (Å²) in [4.78, 5) is 50.7. The van der Waals surface area contributed by atoms with Gasteiger partial charge in [-0.15, -0.1) is 11.3 Å². The van der Waals surface area contributed by atoms with Crippen molar-refractivity contribution in [3.8, 4) is 22.5 Å². The van der Waals surface area contributed by atoms with Gasteiger partial charge in [0, 0.05) is 47.9 Å². The molecule has 9 heteroatoms. The van der Waals surface area contributed by atoms with Crippen LogP contribution in [0.25, 0.3) is 22.5 Å². The Bertz CT molecular complexity index is 1840. The third kappa shape index (κ3) is 8.58. The number of carbonyl (C=O) groups is 3. The Morgan fingerprint density at radius 2 is 1.43 bits per heavy atom. The zero-order chi connectivity index (χ0) is 36.5. The molecule has 2 aliphatic rings. The molecule has 2 N–H and O–H groups in total. The molecule has 0 spiro atoms. The van der Waals surface area contributed by atoms with E-state index in [0.29, 0.717) is 22.0 Å². The van der Waals surface area contributed by atoms with E-state index in [1.807, 2.05) is 42.7 Å². The minimum Gasteiger partial charge on any atom is -0.481 e. The Balaban J connectivity index is 1.10. The summed E-state index contributed by atoms with van der Waals surface area (Å²) >= 11 is 1.42. The first-order valence-electron chi connectivity index (χ1n) is 18.1. The summed E-state index contributed by atoms with van der Waals surface area (Å²) in [5.41, 5.74) is 5.48. The average Bonchev–Trinajstić information content (AvgIpc) is 3.59. The van der Waals surface area contributed by atoms with Gasteiger partial charge in [-0.1, -0.05) is 90.1 Å². The lowest BCUT2D eigenvalue weighted by Gasteiger charge is -2.38. The van der Waals surface area contributed by atoms with Crippen molar-refractivity contribution < 1.29 is 19.5 Å². The van der Waals surface area contributed by atoms with Crippen LogP contribution in [0.5, 0.6) is 0 Å². The second kappa shape index (κ2) is 14.7. The summed E-state index contributed by atoms with van der Waals surface area (Å²) in [6, 6.07) is 19.5. The monoisotopic (exact) mass is 706 g/mol. The molecule has 1 aliphatic heterocycles. The molecule has 1 atom stereocenters. The maximum Gasteiger partial charge on any atom is 0.310 e. The van der Waals surface area contributed by atoms with Gasteiger partial charge in [-0.3, -0.25) is 14.4 Å². The van der Waals surface area contributed by atoms with Crippen LogP contribution < -0.4 is 5.32 Å². The number of thiophene rings is 1. The van der Waals surface area contributed by atoms with E-state index < -0.39 is 17.9 Å². The zero-order valence-electron chi connectivity index (χ0n) is 30.6. The number of carboxylic acids is 1. The lowest BCUT2D eigenvalue weighted by molar-refractivity contribution is -0.153. The van der Waals surface area contributed by atoms with Crippen molar-refractivity contribution in [3.63, 3.8) is 0 Å². The minimum absolute atomic E-state index is 0.0929. The number of hydrogen-bond acceptors (Lipinski definition) is 6. The van der Waals surface area contributed by atoms with Crippen LogP contribution in [-0.2, 0) is 21.4 Å². The molecule has 8 nitrogen and oxygen atoms in total. The zero-order valence-corrected chi connectivity index (χ0v) is 31.4. The standard InChI is InChI=1S/C42H50N4O4S/c1-41(2,3)33-17-15-28(16-18-33)27-11-13-29(14-12-27)31-22-43-37(44-23-31)30-9-7-26(8-10-30)21-34(39(48)46-24-32(25-46)40(49)50)45-38(47)35-19-20-36(51-35)42(4,5)6/h7-14,19-20,22-23,28,32-34H,15-18,21,24-25H2,1-6H3,(H,45,47)(H,49,50)/t28-,33-,34-/m0/s1. The van der Waals surface area contributed by atoms with Gasteiger partial charge in [0.2, 0.25) is 5.91 Å². The first-order chi connectivity index (χ1) is 24.2. The molecule has 2 fully saturated rings. The highest BCUT2D eigenvalue weighted by Gasteiger charge is 2.39. The van der Waals surface area contributed by atoms with Crippen molar-refractivity contribution in [2.24, 2.45) is 17.3 Å². The van der Waals surface area contributed by atoms with Crippen LogP contribution in [0.1, 0.15) is 98.8 Å². The Hall–Kier alpha value is -4.37. The highest BCUT2D eigenvalue weighted by Crippen LogP contribution is 2.43. The molecule has 2 aromatic carbocycles. The molecule has 0 unspecified atom stereocenters. The van der Waals surface area contributed by atoms with E-state index in [1.165, 1.54) is 47.5 Å². The molecular weight excluding hydrogens is 657 g/mol. The van der Waals surface area contributed by atoms with E-state index in [9.17, 15) is 19.5 Å². The highest BCUT2D eigenvalue weighted by atomic mass is 32.1. The first-order valence-corrected chi connectivity index (χ1v) is 18.9. The number of carbonyl (C=O) groups excluding carboxylic acids is 2. The molecule has 2 amide bonds. The number of nitrogens with one attached hydrogen (secondary N) is 1. The summed E-state index contributed by atoms with van der Waals surface area (Å²) in [7, 11) is 0. The maximum absolute atomic E-state index is 13.5. The number of amides is 2. The summed E-state index contributed by atoms with van der Waals surface area (Å²) in [6.45, 7) is 13.7. The number of benzene rings is 2. The molecule has 0 bridgehead atoms. The van der Waals surface area contributed by atoms with Gasteiger partial charge in [-0.05, 0) is 77.2 Å². The van der Waals surface area contributed by atoms with Crippen LogP contribution in [0.2, 0.25) is 0 Å². The summed E-state index contributed by atoms with van der Waals surface area (Å²) < 4.78 is 0. The molecular formula is C42H50N4O4S. The molecule has 1 saturated carbocycles. The fourth-order valence-electron chi connectivity index (χ4n) is 7.22. The third-order valence-corrected chi connectivity index (χ3v) is 12.2. The predicted octanol–water partition coefficient (Wildman–Crippen LogP) is 8.37. The normalized spacial score (nSPS) is 18.9. The Morgan fingerprint density at radius 1 is 0.824 bits per heavy atom. The fraction of sp³-hybridized carbons (Fsp3) is 0.452. The molecule has 268 valence electrons. The highest BCUT2D eigenvalue weighted by molar-refractivity contribution is 7.14. The van der Waals surface area contributed by atoms with Crippen molar-refractivity contribution in [2.75, 3.05) is 13.1 Å². The molecule has 0 radical (unpaired) electrons. The molecule has 6 rings (SSSR count). The smallest absolute Gasteiger partial charge is 0.310 e. The number of aliphatic carboxylic acids is 1. The van der Waals surface area contributed by atoms with E-state index >= 15 is 0 Å².